The molecule has 0 aliphatic heterocycles. The molecule has 5 heteroatoms. The Morgan fingerprint density at radius 3 is 2.52 bits per heavy atom. The van der Waals surface area contributed by atoms with E-state index in [-0.39, 0.29) is 11.8 Å². The SMILES string of the molecule is CCC(C(=O)NCCc1c(C)nn(-c2ccccn2)c1C)c1ccccc1. The highest BCUT2D eigenvalue weighted by Gasteiger charge is 2.19. The lowest BCUT2D eigenvalue weighted by atomic mass is 9.95. The second-order valence-corrected chi connectivity index (χ2v) is 6.66. The summed E-state index contributed by atoms with van der Waals surface area (Å²) >= 11 is 0. The van der Waals surface area contributed by atoms with E-state index in [0.717, 1.165) is 41.2 Å². The van der Waals surface area contributed by atoms with Crippen molar-refractivity contribution in [3.63, 3.8) is 0 Å². The molecule has 1 N–H and O–H groups in total. The molecule has 0 saturated heterocycles. The highest BCUT2D eigenvalue weighted by molar-refractivity contribution is 5.83. The fraction of sp³-hybridized carbons (Fsp3) is 0.318. The molecule has 27 heavy (non-hydrogen) atoms. The summed E-state index contributed by atoms with van der Waals surface area (Å²) in [6, 6.07) is 15.7. The maximum absolute atomic E-state index is 12.6. The minimum absolute atomic E-state index is 0.0797. The van der Waals surface area contributed by atoms with E-state index in [1.807, 2.05) is 74.0 Å². The fourth-order valence-electron chi connectivity index (χ4n) is 3.43. The monoisotopic (exact) mass is 362 g/mol. The quantitative estimate of drug-likeness (QED) is 0.696. The molecule has 0 aliphatic carbocycles. The molecule has 0 radical (unpaired) electrons. The number of amides is 1. The number of carbonyl (C=O) groups excluding carboxylic acids is 1. The van der Waals surface area contributed by atoms with Gasteiger partial charge in [-0.25, -0.2) is 9.67 Å². The summed E-state index contributed by atoms with van der Waals surface area (Å²) < 4.78 is 1.87. The van der Waals surface area contributed by atoms with Crippen molar-refractivity contribution in [3.8, 4) is 5.82 Å². The highest BCUT2D eigenvalue weighted by atomic mass is 16.1. The predicted octanol–water partition coefficient (Wildman–Crippen LogP) is 3.74. The molecule has 2 heterocycles. The Hall–Kier alpha value is -2.95. The summed E-state index contributed by atoms with van der Waals surface area (Å²) in [6.07, 6.45) is 3.30. The molecule has 1 amide bonds. The Kier molecular flexibility index (Phi) is 6.01. The Labute approximate surface area is 160 Å². The van der Waals surface area contributed by atoms with E-state index in [4.69, 9.17) is 0 Å². The van der Waals surface area contributed by atoms with Crippen LogP contribution in [-0.4, -0.2) is 27.2 Å². The Bertz CT molecular complexity index is 887. The van der Waals surface area contributed by atoms with Crippen LogP contribution in [0, 0.1) is 13.8 Å². The van der Waals surface area contributed by atoms with Crippen molar-refractivity contribution in [2.45, 2.75) is 39.5 Å². The van der Waals surface area contributed by atoms with Gasteiger partial charge in [0, 0.05) is 18.4 Å². The minimum atomic E-state index is -0.107. The number of aryl methyl sites for hydroxylation is 1. The summed E-state index contributed by atoms with van der Waals surface area (Å²) in [5.41, 5.74) is 4.26. The topological polar surface area (TPSA) is 59.8 Å². The van der Waals surface area contributed by atoms with Crippen molar-refractivity contribution in [2.24, 2.45) is 0 Å². The van der Waals surface area contributed by atoms with Crippen LogP contribution in [0.4, 0.5) is 0 Å². The first kappa shape index (κ1) is 18.8. The molecule has 140 valence electrons. The first-order valence-electron chi connectivity index (χ1n) is 9.41. The molecule has 0 aliphatic rings. The van der Waals surface area contributed by atoms with Crippen LogP contribution in [0.25, 0.3) is 5.82 Å². The van der Waals surface area contributed by atoms with Crippen LogP contribution in [0.2, 0.25) is 0 Å². The summed E-state index contributed by atoms with van der Waals surface area (Å²) in [5.74, 6) is 0.782. The number of nitrogens with zero attached hydrogens (tertiary/aromatic N) is 3. The molecule has 1 aromatic carbocycles. The Morgan fingerprint density at radius 1 is 1.11 bits per heavy atom. The third kappa shape index (κ3) is 4.25. The van der Waals surface area contributed by atoms with Crippen molar-refractivity contribution < 1.29 is 4.79 Å². The number of hydrogen-bond donors (Lipinski definition) is 1. The van der Waals surface area contributed by atoms with E-state index in [1.165, 1.54) is 0 Å². The summed E-state index contributed by atoms with van der Waals surface area (Å²) in [5, 5.41) is 7.71. The van der Waals surface area contributed by atoms with Gasteiger partial charge in [-0.05, 0) is 49.9 Å². The molecule has 3 rings (SSSR count). The van der Waals surface area contributed by atoms with Gasteiger partial charge < -0.3 is 5.32 Å². The van der Waals surface area contributed by atoms with Gasteiger partial charge in [0.2, 0.25) is 5.91 Å². The lowest BCUT2D eigenvalue weighted by Gasteiger charge is -2.15. The summed E-state index contributed by atoms with van der Waals surface area (Å²) in [6.45, 7) is 6.69. The number of carbonyl (C=O) groups is 1. The van der Waals surface area contributed by atoms with E-state index in [0.29, 0.717) is 6.54 Å². The first-order chi connectivity index (χ1) is 13.1. The van der Waals surface area contributed by atoms with Crippen molar-refractivity contribution in [3.05, 3.63) is 77.2 Å². The van der Waals surface area contributed by atoms with Gasteiger partial charge in [-0.15, -0.1) is 0 Å². The smallest absolute Gasteiger partial charge is 0.227 e. The normalized spacial score (nSPS) is 12.0. The van der Waals surface area contributed by atoms with Crippen LogP contribution in [0.15, 0.2) is 54.7 Å². The first-order valence-corrected chi connectivity index (χ1v) is 9.41. The minimum Gasteiger partial charge on any atom is -0.355 e. The number of aromatic nitrogens is 3. The van der Waals surface area contributed by atoms with Gasteiger partial charge >= 0.3 is 0 Å². The van der Waals surface area contributed by atoms with Gasteiger partial charge in [0.05, 0.1) is 11.6 Å². The third-order valence-electron chi connectivity index (χ3n) is 4.91. The molecule has 1 atom stereocenters. The highest BCUT2D eigenvalue weighted by Crippen LogP contribution is 2.20. The molecule has 2 aromatic heterocycles. The number of benzene rings is 1. The lowest BCUT2D eigenvalue weighted by Crippen LogP contribution is -2.31. The maximum atomic E-state index is 12.6. The van der Waals surface area contributed by atoms with E-state index in [9.17, 15) is 4.79 Å². The summed E-state index contributed by atoms with van der Waals surface area (Å²) in [7, 11) is 0. The molecule has 1 unspecified atom stereocenters. The van der Waals surface area contributed by atoms with Crippen LogP contribution < -0.4 is 5.32 Å². The van der Waals surface area contributed by atoms with E-state index < -0.39 is 0 Å². The zero-order valence-corrected chi connectivity index (χ0v) is 16.1. The predicted molar refractivity (Wildman–Crippen MR) is 107 cm³/mol. The molecule has 0 saturated carbocycles. The number of nitrogens with one attached hydrogen (secondary N) is 1. The average Bonchev–Trinajstić information content (AvgIpc) is 2.98. The van der Waals surface area contributed by atoms with Gasteiger partial charge in [-0.3, -0.25) is 4.79 Å². The molecular weight excluding hydrogens is 336 g/mol. The van der Waals surface area contributed by atoms with Crippen molar-refractivity contribution in [2.75, 3.05) is 6.54 Å². The maximum Gasteiger partial charge on any atom is 0.227 e. The van der Waals surface area contributed by atoms with Gasteiger partial charge in [0.15, 0.2) is 5.82 Å². The molecule has 0 bridgehead atoms. The second kappa shape index (κ2) is 8.62. The zero-order chi connectivity index (χ0) is 19.2. The van der Waals surface area contributed by atoms with Crippen molar-refractivity contribution >= 4 is 5.91 Å². The van der Waals surface area contributed by atoms with Crippen LogP contribution >= 0.6 is 0 Å². The Morgan fingerprint density at radius 2 is 1.85 bits per heavy atom. The standard InChI is InChI=1S/C22H26N4O/c1-4-19(18-10-6-5-7-11-18)22(27)24-15-13-20-16(2)25-26(17(20)3)21-12-8-9-14-23-21/h5-12,14,19H,4,13,15H2,1-3H3,(H,24,27). The molecule has 0 spiro atoms. The van der Waals surface area contributed by atoms with E-state index >= 15 is 0 Å². The van der Waals surface area contributed by atoms with Crippen LogP contribution in [0.5, 0.6) is 0 Å². The molecule has 3 aromatic rings. The fourth-order valence-corrected chi connectivity index (χ4v) is 3.43. The molecular formula is C22H26N4O. The van der Waals surface area contributed by atoms with E-state index in [2.05, 4.69) is 15.4 Å². The van der Waals surface area contributed by atoms with Crippen LogP contribution in [0.1, 0.15) is 41.8 Å². The Balaban J connectivity index is 1.65. The number of hydrogen-bond acceptors (Lipinski definition) is 3. The van der Waals surface area contributed by atoms with Gasteiger partial charge in [-0.1, -0.05) is 43.3 Å². The van der Waals surface area contributed by atoms with Crippen LogP contribution in [0.3, 0.4) is 0 Å². The van der Waals surface area contributed by atoms with Gasteiger partial charge in [0.25, 0.3) is 0 Å². The van der Waals surface area contributed by atoms with Gasteiger partial charge in [-0.2, -0.15) is 5.10 Å². The number of pyridine rings is 1. The van der Waals surface area contributed by atoms with Crippen LogP contribution in [-0.2, 0) is 11.2 Å². The second-order valence-electron chi connectivity index (χ2n) is 6.66. The van der Waals surface area contributed by atoms with Crippen molar-refractivity contribution in [1.29, 1.82) is 0 Å². The van der Waals surface area contributed by atoms with Gasteiger partial charge in [0.1, 0.15) is 0 Å². The third-order valence-corrected chi connectivity index (χ3v) is 4.91. The molecule has 0 fully saturated rings. The summed E-state index contributed by atoms with van der Waals surface area (Å²) in [4.78, 5) is 17.0. The molecule has 5 nitrogen and oxygen atoms in total. The average molecular weight is 362 g/mol. The van der Waals surface area contributed by atoms with Crippen molar-refractivity contribution in [1.82, 2.24) is 20.1 Å². The lowest BCUT2D eigenvalue weighted by molar-refractivity contribution is -0.122. The largest absolute Gasteiger partial charge is 0.355 e. The van der Waals surface area contributed by atoms with E-state index in [1.54, 1.807) is 6.20 Å². The number of rotatable bonds is 7. The zero-order valence-electron chi connectivity index (χ0n) is 16.1.